The van der Waals surface area contributed by atoms with Crippen molar-refractivity contribution in [2.75, 3.05) is 6.54 Å². The van der Waals surface area contributed by atoms with E-state index in [1.807, 2.05) is 18.2 Å². The summed E-state index contributed by atoms with van der Waals surface area (Å²) in [6.45, 7) is 0.739. The Balaban J connectivity index is 2.52. The number of halogens is 1. The van der Waals surface area contributed by atoms with Crippen LogP contribution in [-0.2, 0) is 6.42 Å². The second-order valence-electron chi connectivity index (χ2n) is 2.44. The molecule has 59 valence electrons. The molecular weight excluding hydrogens is 158 g/mol. The van der Waals surface area contributed by atoms with Crippen LogP contribution in [0.2, 0.25) is 5.02 Å². The summed E-state index contributed by atoms with van der Waals surface area (Å²) in [5.74, 6) is 0. The minimum Gasteiger partial charge on any atom is -0.330 e. The van der Waals surface area contributed by atoms with Gasteiger partial charge < -0.3 is 5.73 Å². The van der Waals surface area contributed by atoms with Crippen molar-refractivity contribution in [3.8, 4) is 0 Å². The molecular formula is C9H11ClN. The molecule has 1 radical (unpaired) electrons. The van der Waals surface area contributed by atoms with Gasteiger partial charge in [-0.3, -0.25) is 0 Å². The molecule has 0 amide bonds. The van der Waals surface area contributed by atoms with Crippen molar-refractivity contribution in [2.45, 2.75) is 12.8 Å². The maximum atomic E-state index is 5.67. The minimum atomic E-state index is 0.668. The van der Waals surface area contributed by atoms with Gasteiger partial charge in [-0.15, -0.1) is 0 Å². The Morgan fingerprint density at radius 1 is 1.45 bits per heavy atom. The first-order valence-corrected chi connectivity index (χ1v) is 4.07. The quantitative estimate of drug-likeness (QED) is 0.735. The second-order valence-corrected chi connectivity index (χ2v) is 2.84. The fourth-order valence-corrected chi connectivity index (χ4v) is 1.02. The molecule has 1 aromatic rings. The number of hydrogen-bond acceptors (Lipinski definition) is 1. The maximum absolute atomic E-state index is 5.67. The van der Waals surface area contributed by atoms with E-state index >= 15 is 0 Å². The SMILES string of the molecule is NCCCc1c[c]c(Cl)cc1. The summed E-state index contributed by atoms with van der Waals surface area (Å²) in [6, 6.07) is 8.71. The molecule has 1 nitrogen and oxygen atoms in total. The Labute approximate surface area is 72.2 Å². The van der Waals surface area contributed by atoms with Crippen LogP contribution in [0, 0.1) is 6.07 Å². The Morgan fingerprint density at radius 2 is 2.27 bits per heavy atom. The second kappa shape index (κ2) is 4.37. The van der Waals surface area contributed by atoms with Crippen LogP contribution >= 0.6 is 11.6 Å². The van der Waals surface area contributed by atoms with Gasteiger partial charge in [0.05, 0.1) is 0 Å². The fraction of sp³-hybridized carbons (Fsp3) is 0.333. The lowest BCUT2D eigenvalue weighted by molar-refractivity contribution is 0.832. The van der Waals surface area contributed by atoms with Crippen LogP contribution in [-0.4, -0.2) is 6.54 Å². The number of aryl methyl sites for hydroxylation is 1. The van der Waals surface area contributed by atoms with Gasteiger partial charge in [0, 0.05) is 11.1 Å². The lowest BCUT2D eigenvalue weighted by Gasteiger charge is -1.97. The van der Waals surface area contributed by atoms with Crippen molar-refractivity contribution in [3.05, 3.63) is 34.9 Å². The summed E-state index contributed by atoms with van der Waals surface area (Å²) in [7, 11) is 0. The molecule has 2 heteroatoms. The number of benzene rings is 1. The maximum Gasteiger partial charge on any atom is 0.0485 e. The first kappa shape index (κ1) is 8.57. The van der Waals surface area contributed by atoms with Crippen molar-refractivity contribution in [1.82, 2.24) is 0 Å². The van der Waals surface area contributed by atoms with Gasteiger partial charge in [0.25, 0.3) is 0 Å². The predicted octanol–water partition coefficient (Wildman–Crippen LogP) is 2.03. The van der Waals surface area contributed by atoms with Crippen molar-refractivity contribution < 1.29 is 0 Å². The van der Waals surface area contributed by atoms with Crippen LogP contribution in [0.3, 0.4) is 0 Å². The molecule has 0 saturated carbocycles. The van der Waals surface area contributed by atoms with Gasteiger partial charge in [0.2, 0.25) is 0 Å². The molecule has 0 aliphatic heterocycles. The number of rotatable bonds is 3. The topological polar surface area (TPSA) is 26.0 Å². The van der Waals surface area contributed by atoms with E-state index in [0.717, 1.165) is 19.4 Å². The highest BCUT2D eigenvalue weighted by atomic mass is 35.5. The van der Waals surface area contributed by atoms with Gasteiger partial charge in [-0.2, -0.15) is 0 Å². The van der Waals surface area contributed by atoms with Crippen LogP contribution < -0.4 is 5.73 Å². The molecule has 0 spiro atoms. The van der Waals surface area contributed by atoms with Crippen molar-refractivity contribution in [1.29, 1.82) is 0 Å². The molecule has 0 fully saturated rings. The normalized spacial score (nSPS) is 10.0. The van der Waals surface area contributed by atoms with Crippen molar-refractivity contribution in [2.24, 2.45) is 5.73 Å². The van der Waals surface area contributed by atoms with E-state index in [2.05, 4.69) is 6.07 Å². The van der Waals surface area contributed by atoms with Crippen LogP contribution in [0.5, 0.6) is 0 Å². The van der Waals surface area contributed by atoms with Gasteiger partial charge in [-0.1, -0.05) is 17.7 Å². The predicted molar refractivity (Wildman–Crippen MR) is 47.7 cm³/mol. The molecule has 1 rings (SSSR count). The number of nitrogens with two attached hydrogens (primary N) is 1. The Hall–Kier alpha value is -0.530. The van der Waals surface area contributed by atoms with E-state index < -0.39 is 0 Å². The summed E-state index contributed by atoms with van der Waals surface area (Å²) in [5.41, 5.74) is 6.62. The van der Waals surface area contributed by atoms with Gasteiger partial charge in [-0.25, -0.2) is 0 Å². The first-order valence-electron chi connectivity index (χ1n) is 3.69. The molecule has 2 N–H and O–H groups in total. The Morgan fingerprint density at radius 3 is 2.82 bits per heavy atom. The third-order valence-corrected chi connectivity index (χ3v) is 1.74. The molecule has 0 unspecified atom stereocenters. The molecule has 11 heavy (non-hydrogen) atoms. The molecule has 1 aromatic carbocycles. The highest BCUT2D eigenvalue weighted by Crippen LogP contribution is 2.09. The molecule has 0 atom stereocenters. The molecule has 0 aliphatic carbocycles. The largest absolute Gasteiger partial charge is 0.330 e. The van der Waals surface area contributed by atoms with E-state index in [4.69, 9.17) is 17.3 Å². The molecule has 0 aromatic heterocycles. The summed E-state index contributed by atoms with van der Waals surface area (Å²) in [6.07, 6.45) is 2.04. The third-order valence-electron chi connectivity index (χ3n) is 1.51. The average molecular weight is 169 g/mol. The molecule has 0 bridgehead atoms. The summed E-state index contributed by atoms with van der Waals surface area (Å²) < 4.78 is 0. The summed E-state index contributed by atoms with van der Waals surface area (Å²) in [4.78, 5) is 0. The zero-order valence-corrected chi connectivity index (χ0v) is 7.06. The van der Waals surface area contributed by atoms with E-state index in [-0.39, 0.29) is 0 Å². The smallest absolute Gasteiger partial charge is 0.0485 e. The minimum absolute atomic E-state index is 0.668. The Kier molecular flexibility index (Phi) is 3.40. The monoisotopic (exact) mass is 168 g/mol. The van der Waals surface area contributed by atoms with Crippen LogP contribution in [0.1, 0.15) is 12.0 Å². The van der Waals surface area contributed by atoms with Gasteiger partial charge >= 0.3 is 0 Å². The van der Waals surface area contributed by atoms with E-state index in [9.17, 15) is 0 Å². The lowest BCUT2D eigenvalue weighted by atomic mass is 10.1. The van der Waals surface area contributed by atoms with Crippen LogP contribution in [0.4, 0.5) is 0 Å². The standard InChI is InChI=1S/C9H11ClN/c10-9-5-3-8(4-6-9)2-1-7-11/h3-5H,1-2,7,11H2. The van der Waals surface area contributed by atoms with Gasteiger partial charge in [-0.05, 0) is 37.1 Å². The molecule has 0 saturated heterocycles. The zero-order valence-electron chi connectivity index (χ0n) is 6.31. The Bertz CT molecular complexity index is 205. The summed E-state index contributed by atoms with van der Waals surface area (Å²) >= 11 is 5.67. The van der Waals surface area contributed by atoms with Crippen LogP contribution in [0.25, 0.3) is 0 Å². The van der Waals surface area contributed by atoms with E-state index in [1.54, 1.807) is 0 Å². The van der Waals surface area contributed by atoms with E-state index in [0.29, 0.717) is 5.02 Å². The van der Waals surface area contributed by atoms with Crippen molar-refractivity contribution in [3.63, 3.8) is 0 Å². The summed E-state index contributed by atoms with van der Waals surface area (Å²) in [5, 5.41) is 0.668. The number of hydrogen-bond donors (Lipinski definition) is 1. The van der Waals surface area contributed by atoms with Gasteiger partial charge in [0.15, 0.2) is 0 Å². The first-order chi connectivity index (χ1) is 5.33. The average Bonchev–Trinajstić information content (AvgIpc) is 2.04. The van der Waals surface area contributed by atoms with Crippen molar-refractivity contribution >= 4 is 11.6 Å². The third kappa shape index (κ3) is 2.91. The molecule has 0 heterocycles. The van der Waals surface area contributed by atoms with Gasteiger partial charge in [0.1, 0.15) is 0 Å². The van der Waals surface area contributed by atoms with E-state index in [1.165, 1.54) is 5.56 Å². The zero-order chi connectivity index (χ0) is 8.10. The fourth-order valence-electron chi connectivity index (χ4n) is 0.900. The highest BCUT2D eigenvalue weighted by molar-refractivity contribution is 6.30. The lowest BCUT2D eigenvalue weighted by Crippen LogP contribution is -1.99. The molecule has 0 aliphatic rings. The van der Waals surface area contributed by atoms with Crippen LogP contribution in [0.15, 0.2) is 18.2 Å². The highest BCUT2D eigenvalue weighted by Gasteiger charge is 1.91.